The number of halogens is 5. The molecule has 252 valence electrons. The molecule has 0 radical (unpaired) electrons. The van der Waals surface area contributed by atoms with Crippen LogP contribution in [0.1, 0.15) is 68.3 Å². The summed E-state index contributed by atoms with van der Waals surface area (Å²) in [4.78, 5) is 18.9. The lowest BCUT2D eigenvalue weighted by Gasteiger charge is -2.56. The molecule has 4 saturated carbocycles. The van der Waals surface area contributed by atoms with Crippen LogP contribution in [-0.2, 0) is 17.4 Å². The second-order valence-electron chi connectivity index (χ2n) is 13.5. The van der Waals surface area contributed by atoms with Gasteiger partial charge in [-0.05, 0) is 105 Å². The molecular weight excluding hydrogens is 674 g/mol. The van der Waals surface area contributed by atoms with Gasteiger partial charge in [0.2, 0.25) is 0 Å². The first kappa shape index (κ1) is 35.7. The Labute approximate surface area is 291 Å². The van der Waals surface area contributed by atoms with Crippen LogP contribution in [-0.4, -0.2) is 58.8 Å². The van der Waals surface area contributed by atoms with Gasteiger partial charge in [0.15, 0.2) is 0 Å². The Balaban J connectivity index is 0.00000208. The predicted molar refractivity (Wildman–Crippen MR) is 186 cm³/mol. The summed E-state index contributed by atoms with van der Waals surface area (Å²) >= 11 is 7.18. The van der Waals surface area contributed by atoms with Crippen LogP contribution in [0, 0.1) is 23.7 Å². The third-order valence-corrected chi connectivity index (χ3v) is 11.9. The number of rotatable bonds is 9. The number of hydrogen-bond donors (Lipinski definition) is 1. The second-order valence-corrected chi connectivity index (χ2v) is 15.1. The van der Waals surface area contributed by atoms with Crippen LogP contribution in [0.3, 0.4) is 0 Å². The summed E-state index contributed by atoms with van der Waals surface area (Å²) in [6.45, 7) is 5.35. The maximum atomic E-state index is 13.9. The van der Waals surface area contributed by atoms with Gasteiger partial charge in [0, 0.05) is 43.9 Å². The normalized spacial score (nSPS) is 28.5. The fourth-order valence-electron chi connectivity index (χ4n) is 8.66. The quantitative estimate of drug-likeness (QED) is 0.160. The Kier molecular flexibility index (Phi) is 11.6. The van der Waals surface area contributed by atoms with Crippen molar-refractivity contribution in [3.8, 4) is 11.3 Å². The van der Waals surface area contributed by atoms with Gasteiger partial charge < -0.3 is 14.6 Å². The minimum Gasteiger partial charge on any atom is -0.456 e. The lowest BCUT2D eigenvalue weighted by Crippen LogP contribution is -2.57. The minimum atomic E-state index is -4.39. The van der Waals surface area contributed by atoms with Gasteiger partial charge in [-0.2, -0.15) is 13.2 Å². The molecule has 0 atom stereocenters. The van der Waals surface area contributed by atoms with Gasteiger partial charge in [-0.15, -0.1) is 24.8 Å². The van der Waals surface area contributed by atoms with Gasteiger partial charge in [0.05, 0.1) is 10.5 Å². The van der Waals surface area contributed by atoms with Crippen LogP contribution in [0.15, 0.2) is 39.7 Å². The Morgan fingerprint density at radius 3 is 2.24 bits per heavy atom. The molecule has 0 unspecified atom stereocenters. The standard InChI is InChI=1S/C34H40F3N3O2S2.2ClH/c35-34(36,37)27-7-5-23(6-8-27)28-19-24(4-2-1-3-11-39-12-9-38-10-13-39)29(42-28)20-30-32(41)40(33(43)44-30)31-25-15-21-14-22(17-25)18-26(31)16-21;;/h5-8,19-22,25-26,31,38H,1-4,9-18H2;2*1H/b30-20-;;. The van der Waals surface area contributed by atoms with E-state index in [4.69, 9.17) is 16.6 Å². The molecule has 8 rings (SSSR count). The number of benzene rings is 1. The number of alkyl halides is 3. The summed E-state index contributed by atoms with van der Waals surface area (Å²) in [6.07, 6.45) is 7.55. The van der Waals surface area contributed by atoms with Gasteiger partial charge in [-0.1, -0.05) is 42.5 Å². The third-order valence-electron chi connectivity index (χ3n) is 10.5. The minimum absolute atomic E-state index is 0. The highest BCUT2D eigenvalue weighted by molar-refractivity contribution is 8.26. The molecule has 1 N–H and O–H groups in total. The highest BCUT2D eigenvalue weighted by Crippen LogP contribution is 2.56. The molecule has 2 saturated heterocycles. The van der Waals surface area contributed by atoms with Crippen molar-refractivity contribution in [1.29, 1.82) is 0 Å². The lowest BCUT2D eigenvalue weighted by molar-refractivity contribution is -0.137. The van der Waals surface area contributed by atoms with Gasteiger partial charge in [0.1, 0.15) is 15.8 Å². The third kappa shape index (κ3) is 7.52. The van der Waals surface area contributed by atoms with Crippen LogP contribution in [0.25, 0.3) is 17.4 Å². The van der Waals surface area contributed by atoms with Crippen molar-refractivity contribution in [1.82, 2.24) is 15.1 Å². The maximum Gasteiger partial charge on any atom is 0.416 e. The van der Waals surface area contributed by atoms with E-state index in [2.05, 4.69) is 10.2 Å². The zero-order chi connectivity index (χ0) is 30.4. The summed E-state index contributed by atoms with van der Waals surface area (Å²) in [5.74, 6) is 3.80. The van der Waals surface area contributed by atoms with E-state index in [0.29, 0.717) is 38.1 Å². The molecule has 4 bridgehead atoms. The summed E-state index contributed by atoms with van der Waals surface area (Å²) in [6, 6.07) is 7.22. The number of thioether (sulfide) groups is 1. The average molecular weight is 717 g/mol. The monoisotopic (exact) mass is 715 g/mol. The highest BCUT2D eigenvalue weighted by Gasteiger charge is 2.53. The molecule has 2 aliphatic heterocycles. The molecule has 0 spiro atoms. The Bertz CT molecular complexity index is 1400. The first-order valence-corrected chi connectivity index (χ1v) is 17.5. The molecule has 3 heterocycles. The Morgan fingerprint density at radius 2 is 1.61 bits per heavy atom. The van der Waals surface area contributed by atoms with Crippen molar-refractivity contribution in [2.24, 2.45) is 23.7 Å². The second kappa shape index (κ2) is 14.9. The van der Waals surface area contributed by atoms with Crippen LogP contribution in [0.2, 0.25) is 0 Å². The molecule has 1 amide bonds. The Morgan fingerprint density at radius 1 is 0.957 bits per heavy atom. The van der Waals surface area contributed by atoms with Crippen molar-refractivity contribution in [2.75, 3.05) is 32.7 Å². The molecule has 12 heteroatoms. The van der Waals surface area contributed by atoms with Gasteiger partial charge in [-0.3, -0.25) is 9.69 Å². The molecular formula is C34H42Cl2F3N3O2S2. The van der Waals surface area contributed by atoms with E-state index >= 15 is 0 Å². The van der Waals surface area contributed by atoms with Crippen molar-refractivity contribution < 1.29 is 22.4 Å². The van der Waals surface area contributed by atoms with E-state index in [1.165, 1.54) is 56.0 Å². The van der Waals surface area contributed by atoms with Crippen molar-refractivity contribution >= 4 is 65.1 Å². The fraction of sp³-hybridized carbons (Fsp3) is 0.588. The number of carbonyl (C=O) groups is 1. The average Bonchev–Trinajstić information content (AvgIpc) is 3.52. The largest absolute Gasteiger partial charge is 0.456 e. The van der Waals surface area contributed by atoms with E-state index in [0.717, 1.165) is 87.9 Å². The maximum absolute atomic E-state index is 13.9. The SMILES string of the molecule is Cl.Cl.O=C1/C(=C/c2oc(-c3ccc(C(F)(F)F)cc3)cc2CCCCCN2CCNCC2)SC(=S)N1C1C2CC3CC(C2)CC1C3. The molecule has 46 heavy (non-hydrogen) atoms. The first-order valence-electron chi connectivity index (χ1n) is 16.2. The number of hydrogen-bond acceptors (Lipinski definition) is 6. The van der Waals surface area contributed by atoms with E-state index in [9.17, 15) is 18.0 Å². The molecule has 1 aromatic carbocycles. The predicted octanol–water partition coefficient (Wildman–Crippen LogP) is 8.45. The number of piperazine rings is 1. The molecule has 6 fully saturated rings. The number of thiocarbonyl (C=S) groups is 1. The number of unbranched alkanes of at least 4 members (excludes halogenated alkanes) is 2. The van der Waals surface area contributed by atoms with Crippen LogP contribution < -0.4 is 5.32 Å². The number of furan rings is 1. The van der Waals surface area contributed by atoms with Crippen LogP contribution in [0.4, 0.5) is 13.2 Å². The van der Waals surface area contributed by atoms with Gasteiger partial charge >= 0.3 is 6.18 Å². The van der Waals surface area contributed by atoms with Gasteiger partial charge in [0.25, 0.3) is 5.91 Å². The first-order chi connectivity index (χ1) is 21.2. The van der Waals surface area contributed by atoms with Gasteiger partial charge in [-0.25, -0.2) is 0 Å². The zero-order valence-corrected chi connectivity index (χ0v) is 29.0. The smallest absolute Gasteiger partial charge is 0.416 e. The highest BCUT2D eigenvalue weighted by atomic mass is 35.5. The Hall–Kier alpha value is -1.56. The number of nitrogens with one attached hydrogen (secondary N) is 1. The number of nitrogens with zero attached hydrogens (tertiary/aromatic N) is 2. The van der Waals surface area contributed by atoms with Crippen molar-refractivity contribution in [2.45, 2.75) is 70.0 Å². The molecule has 2 aromatic rings. The van der Waals surface area contributed by atoms with E-state index in [1.807, 2.05) is 17.0 Å². The summed E-state index contributed by atoms with van der Waals surface area (Å²) in [5.41, 5.74) is 0.868. The molecule has 1 aromatic heterocycles. The molecule has 6 aliphatic rings. The summed E-state index contributed by atoms with van der Waals surface area (Å²) in [5, 5.41) is 3.39. The van der Waals surface area contributed by atoms with Crippen LogP contribution in [0.5, 0.6) is 0 Å². The van der Waals surface area contributed by atoms with Crippen molar-refractivity contribution in [3.63, 3.8) is 0 Å². The summed E-state index contributed by atoms with van der Waals surface area (Å²) < 4.78 is 46.5. The number of amides is 1. The summed E-state index contributed by atoms with van der Waals surface area (Å²) in [7, 11) is 0. The molecule has 5 nitrogen and oxygen atoms in total. The topological polar surface area (TPSA) is 48.7 Å². The number of carbonyl (C=O) groups excluding carboxylic acids is 1. The van der Waals surface area contributed by atoms with E-state index in [1.54, 1.807) is 0 Å². The number of aryl methyl sites for hydroxylation is 1. The van der Waals surface area contributed by atoms with Crippen molar-refractivity contribution in [3.05, 3.63) is 52.1 Å². The zero-order valence-electron chi connectivity index (χ0n) is 25.7. The fourth-order valence-corrected chi connectivity index (χ4v) is 9.98. The van der Waals surface area contributed by atoms with E-state index < -0.39 is 11.7 Å². The lowest BCUT2D eigenvalue weighted by atomic mass is 9.54. The van der Waals surface area contributed by atoms with E-state index in [-0.39, 0.29) is 36.8 Å². The van der Waals surface area contributed by atoms with Crippen LogP contribution >= 0.6 is 48.8 Å². The molecule has 4 aliphatic carbocycles.